The average molecular weight is 286 g/mol. The predicted octanol–water partition coefficient (Wildman–Crippen LogP) is 2.46. The molecule has 110 valence electrons. The van der Waals surface area contributed by atoms with E-state index in [1.807, 2.05) is 0 Å². The zero-order chi connectivity index (χ0) is 14.5. The molecule has 1 aliphatic heterocycles. The number of morpholine rings is 1. The Morgan fingerprint density at radius 3 is 2.75 bits per heavy atom. The summed E-state index contributed by atoms with van der Waals surface area (Å²) in [5.41, 5.74) is 0.925. The summed E-state index contributed by atoms with van der Waals surface area (Å²) in [6.45, 7) is 0.754. The predicted molar refractivity (Wildman–Crippen MR) is 69.2 cm³/mol. The topological polar surface area (TPSA) is 50.8 Å². The van der Waals surface area contributed by atoms with Gasteiger partial charge >= 0.3 is 12.6 Å². The van der Waals surface area contributed by atoms with Crippen LogP contribution >= 0.6 is 0 Å². The fourth-order valence-corrected chi connectivity index (χ4v) is 1.93. The first-order chi connectivity index (χ1) is 9.58. The summed E-state index contributed by atoms with van der Waals surface area (Å²) in [5.74, 6) is 0.0553. The second-order valence-electron chi connectivity index (χ2n) is 4.34. The number of anilines is 1. The van der Waals surface area contributed by atoms with Crippen molar-refractivity contribution < 1.29 is 23.0 Å². The van der Waals surface area contributed by atoms with E-state index in [1.54, 1.807) is 24.0 Å². The van der Waals surface area contributed by atoms with Gasteiger partial charge in [-0.3, -0.25) is 0 Å². The number of urea groups is 1. The second kappa shape index (κ2) is 6.51. The minimum Gasteiger partial charge on any atom is -0.434 e. The molecular weight excluding hydrogens is 270 g/mol. The Morgan fingerprint density at radius 1 is 1.40 bits per heavy atom. The third kappa shape index (κ3) is 3.57. The minimum absolute atomic E-state index is 0.0553. The van der Waals surface area contributed by atoms with Crippen molar-refractivity contribution in [2.75, 3.05) is 31.6 Å². The van der Waals surface area contributed by atoms with Crippen molar-refractivity contribution in [3.63, 3.8) is 0 Å². The molecule has 2 rings (SSSR count). The van der Waals surface area contributed by atoms with Crippen LogP contribution in [0.4, 0.5) is 19.3 Å². The van der Waals surface area contributed by atoms with Gasteiger partial charge in [-0.25, -0.2) is 4.79 Å². The summed E-state index contributed by atoms with van der Waals surface area (Å²) in [4.78, 5) is 13.6. The molecule has 0 bridgehead atoms. The lowest BCUT2D eigenvalue weighted by atomic mass is 10.2. The van der Waals surface area contributed by atoms with Gasteiger partial charge in [-0.1, -0.05) is 6.07 Å². The molecule has 2 amide bonds. The monoisotopic (exact) mass is 286 g/mol. The third-order valence-corrected chi connectivity index (χ3v) is 3.04. The summed E-state index contributed by atoms with van der Waals surface area (Å²) in [6.07, 6.45) is 0. The number of hydrogen-bond donors (Lipinski definition) is 1. The molecule has 1 aliphatic rings. The highest BCUT2D eigenvalue weighted by Crippen LogP contribution is 2.27. The lowest BCUT2D eigenvalue weighted by molar-refractivity contribution is -0.0502. The van der Waals surface area contributed by atoms with E-state index in [-0.39, 0.29) is 11.8 Å². The van der Waals surface area contributed by atoms with Gasteiger partial charge in [0.25, 0.3) is 0 Å². The highest BCUT2D eigenvalue weighted by molar-refractivity contribution is 5.90. The van der Waals surface area contributed by atoms with Crippen LogP contribution in [0, 0.1) is 6.92 Å². The molecule has 0 aliphatic carbocycles. The van der Waals surface area contributed by atoms with Crippen LogP contribution < -0.4 is 10.1 Å². The molecule has 1 heterocycles. The fraction of sp³-hybridized carbons (Fsp3) is 0.462. The van der Waals surface area contributed by atoms with E-state index >= 15 is 0 Å². The third-order valence-electron chi connectivity index (χ3n) is 3.04. The lowest BCUT2D eigenvalue weighted by Gasteiger charge is -2.27. The number of nitrogens with one attached hydrogen (secondary N) is 1. The number of amides is 2. The summed E-state index contributed by atoms with van der Waals surface area (Å²) in [5, 5.41) is 2.70. The first kappa shape index (κ1) is 14.5. The number of rotatable bonds is 3. The van der Waals surface area contributed by atoms with Gasteiger partial charge in [0, 0.05) is 24.3 Å². The molecule has 5 nitrogen and oxygen atoms in total. The van der Waals surface area contributed by atoms with Crippen molar-refractivity contribution in [3.05, 3.63) is 23.8 Å². The number of hydrogen-bond acceptors (Lipinski definition) is 3. The molecule has 0 spiro atoms. The van der Waals surface area contributed by atoms with Crippen LogP contribution in [0.25, 0.3) is 0 Å². The van der Waals surface area contributed by atoms with Crippen molar-refractivity contribution in [3.8, 4) is 5.75 Å². The van der Waals surface area contributed by atoms with Crippen molar-refractivity contribution >= 4 is 11.7 Å². The van der Waals surface area contributed by atoms with Gasteiger partial charge in [0.05, 0.1) is 13.2 Å². The number of halogens is 2. The van der Waals surface area contributed by atoms with Crippen LogP contribution in [-0.4, -0.2) is 43.8 Å². The van der Waals surface area contributed by atoms with E-state index in [1.165, 1.54) is 6.07 Å². The Balaban J connectivity index is 2.06. The van der Waals surface area contributed by atoms with Crippen molar-refractivity contribution in [1.82, 2.24) is 4.90 Å². The Hall–Kier alpha value is -1.89. The van der Waals surface area contributed by atoms with E-state index in [0.717, 1.165) is 0 Å². The molecule has 1 saturated heterocycles. The SMILES string of the molecule is Cc1c(NC(=O)N2CCOCC2)cccc1OC(F)F. The van der Waals surface area contributed by atoms with Gasteiger partial charge in [-0.05, 0) is 19.1 Å². The molecule has 1 aromatic carbocycles. The molecular formula is C13H16F2N2O3. The van der Waals surface area contributed by atoms with Gasteiger partial charge < -0.3 is 19.7 Å². The number of carbonyl (C=O) groups excluding carboxylic acids is 1. The van der Waals surface area contributed by atoms with Crippen LogP contribution in [0.1, 0.15) is 5.56 Å². The summed E-state index contributed by atoms with van der Waals surface area (Å²) in [7, 11) is 0. The Labute approximate surface area is 115 Å². The van der Waals surface area contributed by atoms with E-state index in [4.69, 9.17) is 4.74 Å². The van der Waals surface area contributed by atoms with E-state index < -0.39 is 6.61 Å². The quantitative estimate of drug-likeness (QED) is 0.928. The molecule has 0 atom stereocenters. The average Bonchev–Trinajstić information content (AvgIpc) is 2.43. The van der Waals surface area contributed by atoms with Crippen LogP contribution in [0.3, 0.4) is 0 Å². The number of carbonyl (C=O) groups is 1. The normalized spacial score (nSPS) is 15.3. The molecule has 7 heteroatoms. The molecule has 20 heavy (non-hydrogen) atoms. The van der Waals surface area contributed by atoms with E-state index in [9.17, 15) is 13.6 Å². The maximum atomic E-state index is 12.3. The van der Waals surface area contributed by atoms with Crippen LogP contribution in [0.2, 0.25) is 0 Å². The van der Waals surface area contributed by atoms with Crippen molar-refractivity contribution in [1.29, 1.82) is 0 Å². The largest absolute Gasteiger partial charge is 0.434 e. The molecule has 0 unspecified atom stereocenters. The van der Waals surface area contributed by atoms with Crippen LogP contribution in [0.15, 0.2) is 18.2 Å². The minimum atomic E-state index is -2.89. The summed E-state index contributed by atoms with van der Waals surface area (Å²) >= 11 is 0. The van der Waals surface area contributed by atoms with E-state index in [0.29, 0.717) is 37.6 Å². The first-order valence-corrected chi connectivity index (χ1v) is 6.26. The van der Waals surface area contributed by atoms with E-state index in [2.05, 4.69) is 10.1 Å². The van der Waals surface area contributed by atoms with Gasteiger partial charge in [0.1, 0.15) is 5.75 Å². The Morgan fingerprint density at radius 2 is 2.10 bits per heavy atom. The van der Waals surface area contributed by atoms with Gasteiger partial charge in [-0.2, -0.15) is 8.78 Å². The number of alkyl halides is 2. The van der Waals surface area contributed by atoms with Gasteiger partial charge in [-0.15, -0.1) is 0 Å². The molecule has 1 fully saturated rings. The lowest BCUT2D eigenvalue weighted by Crippen LogP contribution is -2.43. The molecule has 0 aromatic heterocycles. The highest BCUT2D eigenvalue weighted by atomic mass is 19.3. The second-order valence-corrected chi connectivity index (χ2v) is 4.34. The molecule has 1 aromatic rings. The zero-order valence-electron chi connectivity index (χ0n) is 11.1. The summed E-state index contributed by atoms with van der Waals surface area (Å²) in [6, 6.07) is 4.36. The van der Waals surface area contributed by atoms with Gasteiger partial charge in [0.2, 0.25) is 0 Å². The molecule has 1 N–H and O–H groups in total. The summed E-state index contributed by atoms with van der Waals surface area (Å²) < 4.78 is 34.1. The zero-order valence-corrected chi connectivity index (χ0v) is 11.1. The van der Waals surface area contributed by atoms with Gasteiger partial charge in [0.15, 0.2) is 0 Å². The highest BCUT2D eigenvalue weighted by Gasteiger charge is 2.18. The van der Waals surface area contributed by atoms with Crippen LogP contribution in [-0.2, 0) is 4.74 Å². The standard InChI is InChI=1S/C13H16F2N2O3/c1-9-10(3-2-4-11(9)20-12(14)15)16-13(18)17-5-7-19-8-6-17/h2-4,12H,5-8H2,1H3,(H,16,18). The van der Waals surface area contributed by atoms with Crippen molar-refractivity contribution in [2.24, 2.45) is 0 Å². The molecule has 0 saturated carbocycles. The van der Waals surface area contributed by atoms with Crippen LogP contribution in [0.5, 0.6) is 5.75 Å². The maximum Gasteiger partial charge on any atom is 0.387 e. The Bertz CT molecular complexity index is 477. The first-order valence-electron chi connectivity index (χ1n) is 6.26. The smallest absolute Gasteiger partial charge is 0.387 e. The molecule has 0 radical (unpaired) electrons. The van der Waals surface area contributed by atoms with Crippen molar-refractivity contribution in [2.45, 2.75) is 13.5 Å². The number of nitrogens with zero attached hydrogens (tertiary/aromatic N) is 1. The fourth-order valence-electron chi connectivity index (χ4n) is 1.93. The maximum absolute atomic E-state index is 12.3. The number of benzene rings is 1. The Kier molecular flexibility index (Phi) is 4.73. The number of ether oxygens (including phenoxy) is 2.